The fraction of sp³-hybridized carbons (Fsp3) is 0.391. The fourth-order valence-electron chi connectivity index (χ4n) is 4.51. The molecular formula is C23H25F3N6O2. The maximum atomic E-state index is 13.1. The van der Waals surface area contributed by atoms with Gasteiger partial charge in [0.25, 0.3) is 0 Å². The lowest BCUT2D eigenvalue weighted by Gasteiger charge is -2.27. The van der Waals surface area contributed by atoms with E-state index < -0.39 is 11.9 Å². The zero-order chi connectivity index (χ0) is 23.9. The van der Waals surface area contributed by atoms with Gasteiger partial charge in [-0.25, -0.2) is 4.98 Å². The number of hydrogen-bond acceptors (Lipinski definition) is 7. The van der Waals surface area contributed by atoms with E-state index in [0.717, 1.165) is 42.7 Å². The Morgan fingerprint density at radius 3 is 2.68 bits per heavy atom. The smallest absolute Gasteiger partial charge is 0.433 e. The molecule has 1 saturated carbocycles. The number of alkyl halides is 3. The molecule has 8 nitrogen and oxygen atoms in total. The van der Waals surface area contributed by atoms with Gasteiger partial charge in [-0.3, -0.25) is 15.1 Å². The highest BCUT2D eigenvalue weighted by Gasteiger charge is 2.33. The molecule has 5 rings (SSSR count). The van der Waals surface area contributed by atoms with Crippen LogP contribution in [0.25, 0.3) is 16.6 Å². The number of hydrogen-bond donors (Lipinski definition) is 3. The van der Waals surface area contributed by atoms with Gasteiger partial charge in [0.05, 0.1) is 36.3 Å². The van der Waals surface area contributed by atoms with Crippen LogP contribution in [0.2, 0.25) is 0 Å². The summed E-state index contributed by atoms with van der Waals surface area (Å²) in [5.74, 6) is 0.930. The summed E-state index contributed by atoms with van der Waals surface area (Å²) in [6.07, 6.45) is 3.01. The molecule has 180 valence electrons. The van der Waals surface area contributed by atoms with Crippen molar-refractivity contribution in [2.75, 3.05) is 18.7 Å². The predicted octanol–water partition coefficient (Wildman–Crippen LogP) is 4.01. The van der Waals surface area contributed by atoms with Gasteiger partial charge in [0.15, 0.2) is 0 Å². The molecule has 0 radical (unpaired) electrons. The summed E-state index contributed by atoms with van der Waals surface area (Å²) in [6.45, 7) is 0.233. The summed E-state index contributed by atoms with van der Waals surface area (Å²) in [5.41, 5.74) is 6.89. The van der Waals surface area contributed by atoms with Crippen LogP contribution < -0.4 is 20.7 Å². The quantitative estimate of drug-likeness (QED) is 0.515. The molecule has 3 aromatic rings. The Balaban J connectivity index is 1.43. The summed E-state index contributed by atoms with van der Waals surface area (Å²) in [7, 11) is 1.56. The Labute approximate surface area is 194 Å². The molecule has 0 unspecified atom stereocenters. The molecule has 1 fully saturated rings. The second-order valence-electron chi connectivity index (χ2n) is 8.60. The number of rotatable bonds is 5. The van der Waals surface area contributed by atoms with Gasteiger partial charge in [0, 0.05) is 24.3 Å². The van der Waals surface area contributed by atoms with Gasteiger partial charge >= 0.3 is 6.18 Å². The monoisotopic (exact) mass is 474 g/mol. The molecule has 2 aromatic heterocycles. The number of nitrogens with one attached hydrogen (secondary N) is 2. The topological polar surface area (TPSA) is 87.5 Å². The van der Waals surface area contributed by atoms with E-state index in [4.69, 9.17) is 9.84 Å². The lowest BCUT2D eigenvalue weighted by molar-refractivity contribution is -0.141. The highest BCUT2D eigenvalue weighted by molar-refractivity contribution is 5.87. The minimum Gasteiger partial charge on any atom is -0.494 e. The van der Waals surface area contributed by atoms with Gasteiger partial charge in [0.1, 0.15) is 17.1 Å². The van der Waals surface area contributed by atoms with Crippen molar-refractivity contribution in [2.24, 2.45) is 5.92 Å². The Hall–Kier alpha value is -3.31. The predicted molar refractivity (Wildman–Crippen MR) is 120 cm³/mol. The maximum Gasteiger partial charge on any atom is 0.433 e. The van der Waals surface area contributed by atoms with Crippen LogP contribution in [0.1, 0.15) is 43.1 Å². The summed E-state index contributed by atoms with van der Waals surface area (Å²) in [4.78, 5) is 3.73. The zero-order valence-electron chi connectivity index (χ0n) is 18.5. The van der Waals surface area contributed by atoms with E-state index >= 15 is 0 Å². The lowest BCUT2D eigenvalue weighted by atomic mass is 9.87. The number of aromatic nitrogens is 3. The van der Waals surface area contributed by atoms with Crippen LogP contribution in [-0.4, -0.2) is 33.6 Å². The van der Waals surface area contributed by atoms with Crippen LogP contribution in [0.5, 0.6) is 5.75 Å². The van der Waals surface area contributed by atoms with Crippen molar-refractivity contribution < 1.29 is 23.0 Å². The highest BCUT2D eigenvalue weighted by atomic mass is 19.4. The van der Waals surface area contributed by atoms with Crippen molar-refractivity contribution in [1.29, 1.82) is 0 Å². The molecule has 34 heavy (non-hydrogen) atoms. The SMILES string of the molecule is COc1cc2nn([C@H]3CC[C@H](CO)CC3)cc2cc1N1C=C(c2cccc(C(F)(F)F)n2)NN1. The second-order valence-corrected chi connectivity index (χ2v) is 8.60. The van der Waals surface area contributed by atoms with E-state index in [-0.39, 0.29) is 18.3 Å². The lowest BCUT2D eigenvalue weighted by Crippen LogP contribution is -2.36. The Bertz CT molecular complexity index is 1220. The normalized spacial score (nSPS) is 21.0. The molecule has 0 spiro atoms. The first-order valence-corrected chi connectivity index (χ1v) is 11.1. The number of aliphatic hydroxyl groups excluding tert-OH is 1. The highest BCUT2D eigenvalue weighted by Crippen LogP contribution is 2.37. The molecule has 0 bridgehead atoms. The van der Waals surface area contributed by atoms with Gasteiger partial charge in [-0.05, 0) is 49.8 Å². The van der Waals surface area contributed by atoms with Crippen LogP contribution in [0, 0.1) is 5.92 Å². The summed E-state index contributed by atoms with van der Waals surface area (Å²) < 4.78 is 46.7. The van der Waals surface area contributed by atoms with Gasteiger partial charge in [0.2, 0.25) is 0 Å². The second kappa shape index (κ2) is 8.80. The number of aliphatic hydroxyl groups is 1. The van der Waals surface area contributed by atoms with Crippen molar-refractivity contribution in [3.8, 4) is 5.75 Å². The van der Waals surface area contributed by atoms with E-state index in [0.29, 0.717) is 23.1 Å². The van der Waals surface area contributed by atoms with E-state index in [1.54, 1.807) is 18.3 Å². The molecule has 0 saturated heterocycles. The van der Waals surface area contributed by atoms with Gasteiger partial charge in [-0.2, -0.15) is 18.3 Å². The maximum absolute atomic E-state index is 13.1. The number of methoxy groups -OCH3 is 1. The van der Waals surface area contributed by atoms with Crippen molar-refractivity contribution in [2.45, 2.75) is 37.9 Å². The molecule has 0 amide bonds. The molecule has 0 atom stereocenters. The summed E-state index contributed by atoms with van der Waals surface area (Å²) in [5, 5.41) is 16.7. The minimum absolute atomic E-state index is 0.163. The van der Waals surface area contributed by atoms with Crippen molar-refractivity contribution in [3.63, 3.8) is 0 Å². The third kappa shape index (κ3) is 4.28. The summed E-state index contributed by atoms with van der Waals surface area (Å²) >= 11 is 0. The number of anilines is 1. The van der Waals surface area contributed by atoms with Gasteiger partial charge < -0.3 is 9.84 Å². The van der Waals surface area contributed by atoms with E-state index in [1.165, 1.54) is 12.1 Å². The minimum atomic E-state index is -4.52. The molecular weight excluding hydrogens is 449 g/mol. The Kier molecular flexibility index (Phi) is 5.82. The molecule has 1 aliphatic heterocycles. The third-order valence-electron chi connectivity index (χ3n) is 6.42. The van der Waals surface area contributed by atoms with Crippen LogP contribution in [-0.2, 0) is 6.18 Å². The first-order valence-electron chi connectivity index (χ1n) is 11.1. The number of pyridine rings is 1. The van der Waals surface area contributed by atoms with E-state index in [1.807, 2.05) is 23.0 Å². The number of halogens is 3. The zero-order valence-corrected chi connectivity index (χ0v) is 18.5. The molecule has 2 aliphatic rings. The van der Waals surface area contributed by atoms with E-state index in [2.05, 4.69) is 15.9 Å². The number of benzene rings is 1. The van der Waals surface area contributed by atoms with Crippen molar-refractivity contribution >= 4 is 22.3 Å². The molecule has 1 aromatic carbocycles. The number of ether oxygens (including phenoxy) is 1. The van der Waals surface area contributed by atoms with Gasteiger partial charge in [-0.15, -0.1) is 5.53 Å². The Morgan fingerprint density at radius 2 is 1.97 bits per heavy atom. The fourth-order valence-corrected chi connectivity index (χ4v) is 4.51. The van der Waals surface area contributed by atoms with Crippen LogP contribution >= 0.6 is 0 Å². The van der Waals surface area contributed by atoms with Crippen LogP contribution in [0.4, 0.5) is 18.9 Å². The third-order valence-corrected chi connectivity index (χ3v) is 6.42. The number of hydrazine groups is 2. The first kappa shape index (κ1) is 22.5. The standard InChI is InChI=1S/C23H25F3N6O2/c1-34-21-10-18-15(11-31(29-18)16-7-5-14(13-33)6-8-16)9-20(21)32-12-19(28-30-32)17-3-2-4-22(27-17)23(24,25)26/h2-4,9-12,14,16,28,30,33H,5-8,13H2,1H3/t14-,16-. The van der Waals surface area contributed by atoms with Gasteiger partial charge in [-0.1, -0.05) is 6.07 Å². The Morgan fingerprint density at radius 1 is 1.18 bits per heavy atom. The first-order chi connectivity index (χ1) is 16.4. The average molecular weight is 474 g/mol. The molecule has 3 heterocycles. The largest absolute Gasteiger partial charge is 0.494 e. The van der Waals surface area contributed by atoms with Crippen molar-refractivity contribution in [1.82, 2.24) is 25.7 Å². The van der Waals surface area contributed by atoms with Crippen LogP contribution in [0.15, 0.2) is 42.7 Å². The summed E-state index contributed by atoms with van der Waals surface area (Å²) in [6, 6.07) is 7.83. The van der Waals surface area contributed by atoms with Crippen LogP contribution in [0.3, 0.4) is 0 Å². The molecule has 3 N–H and O–H groups in total. The number of nitrogens with zero attached hydrogens (tertiary/aromatic N) is 4. The molecule has 1 aliphatic carbocycles. The van der Waals surface area contributed by atoms with E-state index in [9.17, 15) is 18.3 Å². The van der Waals surface area contributed by atoms with Crippen molar-refractivity contribution in [3.05, 3.63) is 54.1 Å². The number of fused-ring (bicyclic) bond motifs is 1. The molecule has 11 heteroatoms. The average Bonchev–Trinajstić information content (AvgIpc) is 3.50.